The van der Waals surface area contributed by atoms with Crippen molar-refractivity contribution in [2.24, 2.45) is 0 Å². The minimum absolute atomic E-state index is 0.0549. The molecule has 2 rings (SSSR count). The Bertz CT molecular complexity index is 479. The number of ether oxygens (including phenoxy) is 1. The Balaban J connectivity index is 2.01. The van der Waals surface area contributed by atoms with E-state index in [0.29, 0.717) is 0 Å². The third-order valence-corrected chi connectivity index (χ3v) is 4.27. The molecule has 2 heterocycles. The molecule has 0 unspecified atom stereocenters. The molecule has 4 nitrogen and oxygen atoms in total. The van der Waals surface area contributed by atoms with Crippen LogP contribution in [0.5, 0.6) is 0 Å². The third-order valence-electron chi connectivity index (χ3n) is 3.24. The summed E-state index contributed by atoms with van der Waals surface area (Å²) in [6, 6.07) is 4.03. The molecule has 0 spiro atoms. The van der Waals surface area contributed by atoms with E-state index < -0.39 is 5.97 Å². The molecular weight excluding hydrogens is 262 g/mol. The molecule has 1 aromatic rings. The van der Waals surface area contributed by atoms with Gasteiger partial charge in [-0.2, -0.15) is 0 Å². The van der Waals surface area contributed by atoms with E-state index >= 15 is 0 Å². The van der Waals surface area contributed by atoms with Crippen molar-refractivity contribution >= 4 is 23.4 Å². The lowest BCUT2D eigenvalue weighted by atomic mass is 10.0. The smallest absolute Gasteiger partial charge is 0.328 e. The molecular formula is C14H19NO3S. The van der Waals surface area contributed by atoms with Gasteiger partial charge in [0.05, 0.1) is 13.2 Å². The quantitative estimate of drug-likeness (QED) is 0.861. The lowest BCUT2D eigenvalue weighted by Crippen LogP contribution is -2.52. The fraction of sp³-hybridized carbons (Fsp3) is 0.500. The summed E-state index contributed by atoms with van der Waals surface area (Å²) in [7, 11) is 0. The largest absolute Gasteiger partial charge is 0.478 e. The Morgan fingerprint density at radius 2 is 2.37 bits per heavy atom. The zero-order chi connectivity index (χ0) is 13.9. The van der Waals surface area contributed by atoms with Crippen LogP contribution in [0.3, 0.4) is 0 Å². The van der Waals surface area contributed by atoms with Crippen molar-refractivity contribution in [2.75, 3.05) is 19.8 Å². The Labute approximate surface area is 117 Å². The van der Waals surface area contributed by atoms with Gasteiger partial charge in [-0.05, 0) is 32.1 Å². The highest BCUT2D eigenvalue weighted by Gasteiger charge is 2.30. The molecule has 1 aliphatic heterocycles. The van der Waals surface area contributed by atoms with Gasteiger partial charge in [0.15, 0.2) is 0 Å². The average molecular weight is 281 g/mol. The fourth-order valence-corrected chi connectivity index (χ4v) is 3.03. The third kappa shape index (κ3) is 3.89. The van der Waals surface area contributed by atoms with Gasteiger partial charge >= 0.3 is 5.97 Å². The van der Waals surface area contributed by atoms with Gasteiger partial charge in [0.25, 0.3) is 0 Å². The zero-order valence-electron chi connectivity index (χ0n) is 11.3. The number of hydrogen-bond donors (Lipinski definition) is 1. The van der Waals surface area contributed by atoms with Crippen molar-refractivity contribution in [3.8, 4) is 0 Å². The van der Waals surface area contributed by atoms with E-state index in [9.17, 15) is 4.79 Å². The van der Waals surface area contributed by atoms with Crippen molar-refractivity contribution < 1.29 is 14.6 Å². The van der Waals surface area contributed by atoms with E-state index in [1.54, 1.807) is 17.4 Å². The summed E-state index contributed by atoms with van der Waals surface area (Å²) in [6.07, 6.45) is 2.81. The molecule has 19 heavy (non-hydrogen) atoms. The van der Waals surface area contributed by atoms with Gasteiger partial charge in [-0.1, -0.05) is 0 Å². The normalized spacial score (nSPS) is 19.9. The first kappa shape index (κ1) is 14.2. The van der Waals surface area contributed by atoms with Gasteiger partial charge in [-0.25, -0.2) is 4.79 Å². The molecule has 0 aromatic carbocycles. The van der Waals surface area contributed by atoms with Gasteiger partial charge in [0, 0.05) is 34.5 Å². The molecule has 1 fully saturated rings. The maximum atomic E-state index is 10.5. The molecule has 1 N–H and O–H groups in total. The minimum Gasteiger partial charge on any atom is -0.478 e. The van der Waals surface area contributed by atoms with Crippen molar-refractivity contribution in [3.63, 3.8) is 0 Å². The summed E-state index contributed by atoms with van der Waals surface area (Å²) >= 11 is 1.64. The number of thiophene rings is 1. The van der Waals surface area contributed by atoms with E-state index in [4.69, 9.17) is 9.84 Å². The number of hydrogen-bond acceptors (Lipinski definition) is 4. The van der Waals surface area contributed by atoms with Crippen LogP contribution >= 0.6 is 11.3 Å². The van der Waals surface area contributed by atoms with E-state index in [2.05, 4.69) is 24.8 Å². The number of nitrogens with zero attached hydrogens (tertiary/aromatic N) is 1. The zero-order valence-corrected chi connectivity index (χ0v) is 12.1. The second kappa shape index (κ2) is 5.86. The fourth-order valence-electron chi connectivity index (χ4n) is 2.09. The summed E-state index contributed by atoms with van der Waals surface area (Å²) in [6.45, 7) is 7.73. The van der Waals surface area contributed by atoms with Gasteiger partial charge in [0.1, 0.15) is 0 Å². The Hall–Kier alpha value is -1.17. The highest BCUT2D eigenvalue weighted by Crippen LogP contribution is 2.25. The first-order valence-corrected chi connectivity index (χ1v) is 7.11. The highest BCUT2D eigenvalue weighted by molar-refractivity contribution is 7.12. The van der Waals surface area contributed by atoms with Crippen LogP contribution in [0.2, 0.25) is 0 Å². The molecule has 0 amide bonds. The van der Waals surface area contributed by atoms with Crippen LogP contribution in [0, 0.1) is 0 Å². The summed E-state index contributed by atoms with van der Waals surface area (Å²) in [5.74, 6) is -0.913. The number of morpholine rings is 1. The topological polar surface area (TPSA) is 49.8 Å². The molecule has 1 aliphatic rings. The molecule has 0 aliphatic carbocycles. The van der Waals surface area contributed by atoms with Crippen molar-refractivity contribution in [2.45, 2.75) is 25.9 Å². The van der Waals surface area contributed by atoms with E-state index in [1.807, 2.05) is 6.07 Å². The molecule has 5 heteroatoms. The first-order chi connectivity index (χ1) is 8.97. The van der Waals surface area contributed by atoms with Crippen molar-refractivity contribution in [1.29, 1.82) is 0 Å². The molecule has 0 bridgehead atoms. The Kier molecular flexibility index (Phi) is 4.39. The summed E-state index contributed by atoms with van der Waals surface area (Å²) in [5, 5.41) is 8.61. The van der Waals surface area contributed by atoms with Gasteiger partial charge in [-0.3, -0.25) is 4.90 Å². The number of rotatable bonds is 4. The number of aliphatic carboxylic acids is 1. The first-order valence-electron chi connectivity index (χ1n) is 6.30. The van der Waals surface area contributed by atoms with Crippen LogP contribution in [0.15, 0.2) is 18.2 Å². The van der Waals surface area contributed by atoms with E-state index in [0.717, 1.165) is 31.2 Å². The SMILES string of the molecule is CC1(C)COCCN1Cc1ccc(C=CC(=O)O)s1. The Morgan fingerprint density at radius 3 is 3.05 bits per heavy atom. The van der Waals surface area contributed by atoms with Crippen molar-refractivity contribution in [1.82, 2.24) is 4.90 Å². The van der Waals surface area contributed by atoms with Crippen LogP contribution < -0.4 is 0 Å². The Morgan fingerprint density at radius 1 is 1.58 bits per heavy atom. The van der Waals surface area contributed by atoms with Crippen molar-refractivity contribution in [3.05, 3.63) is 28.0 Å². The summed E-state index contributed by atoms with van der Waals surface area (Å²) < 4.78 is 5.51. The maximum Gasteiger partial charge on any atom is 0.328 e. The van der Waals surface area contributed by atoms with Gasteiger partial charge < -0.3 is 9.84 Å². The molecule has 0 atom stereocenters. The van der Waals surface area contributed by atoms with Gasteiger partial charge in [-0.15, -0.1) is 11.3 Å². The maximum absolute atomic E-state index is 10.5. The molecule has 0 saturated carbocycles. The number of carbonyl (C=O) groups is 1. The van der Waals surface area contributed by atoms with Crippen LogP contribution in [-0.2, 0) is 16.1 Å². The lowest BCUT2D eigenvalue weighted by molar-refractivity contribution is -0.131. The van der Waals surface area contributed by atoms with Crippen LogP contribution in [0.1, 0.15) is 23.6 Å². The van der Waals surface area contributed by atoms with E-state index in [1.165, 1.54) is 11.0 Å². The predicted octanol–water partition coefficient (Wildman–Crippen LogP) is 2.46. The second-order valence-corrected chi connectivity index (χ2v) is 6.46. The number of carboxylic acid groups (broad SMARTS) is 1. The average Bonchev–Trinajstić information content (AvgIpc) is 2.77. The standard InChI is InChI=1S/C14H19NO3S/c1-14(2)10-18-8-7-15(14)9-12-4-3-11(19-12)5-6-13(16)17/h3-6H,7-10H2,1-2H3,(H,16,17). The van der Waals surface area contributed by atoms with Crippen LogP contribution in [0.25, 0.3) is 6.08 Å². The summed E-state index contributed by atoms with van der Waals surface area (Å²) in [5.41, 5.74) is 0.0549. The van der Waals surface area contributed by atoms with Gasteiger partial charge in [0.2, 0.25) is 0 Å². The van der Waals surface area contributed by atoms with E-state index in [-0.39, 0.29) is 5.54 Å². The minimum atomic E-state index is -0.913. The second-order valence-electron chi connectivity index (χ2n) is 5.26. The molecule has 104 valence electrons. The lowest BCUT2D eigenvalue weighted by Gasteiger charge is -2.41. The molecule has 1 aromatic heterocycles. The monoisotopic (exact) mass is 281 g/mol. The number of carboxylic acids is 1. The van der Waals surface area contributed by atoms with Crippen LogP contribution in [-0.4, -0.2) is 41.3 Å². The summed E-state index contributed by atoms with van der Waals surface area (Å²) in [4.78, 5) is 15.1. The predicted molar refractivity (Wildman–Crippen MR) is 76.3 cm³/mol. The van der Waals surface area contributed by atoms with Crippen LogP contribution in [0.4, 0.5) is 0 Å². The molecule has 0 radical (unpaired) electrons. The highest BCUT2D eigenvalue weighted by atomic mass is 32.1. The molecule has 1 saturated heterocycles.